The normalized spacial score (nSPS) is 20.2. The van der Waals surface area contributed by atoms with E-state index in [0.717, 1.165) is 36.1 Å². The van der Waals surface area contributed by atoms with Gasteiger partial charge in [0.05, 0.1) is 28.0 Å². The Morgan fingerprint density at radius 3 is 2.62 bits per heavy atom. The molecule has 2 atom stereocenters. The van der Waals surface area contributed by atoms with E-state index < -0.39 is 11.6 Å². The summed E-state index contributed by atoms with van der Waals surface area (Å²) in [5.41, 5.74) is 2.96. The largest absolute Gasteiger partial charge is 0.330 e. The number of hydrogen-bond donors (Lipinski definition) is 1. The molecule has 2 amide bonds. The topological polar surface area (TPSA) is 62.3 Å². The van der Waals surface area contributed by atoms with Gasteiger partial charge in [-0.05, 0) is 66.8 Å². The Bertz CT molecular complexity index is 1480. The summed E-state index contributed by atoms with van der Waals surface area (Å²) < 4.78 is 29.2. The van der Waals surface area contributed by atoms with Crippen molar-refractivity contribution in [2.24, 2.45) is 5.92 Å². The van der Waals surface area contributed by atoms with Crippen molar-refractivity contribution in [2.75, 3.05) is 11.9 Å². The van der Waals surface area contributed by atoms with E-state index in [1.807, 2.05) is 25.1 Å². The van der Waals surface area contributed by atoms with Gasteiger partial charge in [0.1, 0.15) is 5.82 Å². The minimum Gasteiger partial charge on any atom is -0.330 e. The van der Waals surface area contributed by atoms with Crippen molar-refractivity contribution in [2.45, 2.75) is 45.1 Å². The first-order valence-electron chi connectivity index (χ1n) is 12.9. The van der Waals surface area contributed by atoms with Crippen LogP contribution in [0.25, 0.3) is 16.7 Å². The molecule has 2 unspecified atom stereocenters. The molecule has 2 aliphatic rings. The molecular formula is C30H27Cl2F2N3O2. The van der Waals surface area contributed by atoms with Crippen LogP contribution in [0.3, 0.4) is 0 Å². The number of carbonyl (C=O) groups is 2. The average molecular weight is 570 g/mol. The van der Waals surface area contributed by atoms with Gasteiger partial charge < -0.3 is 10.2 Å². The number of rotatable bonds is 2. The molecule has 0 spiro atoms. The Labute approximate surface area is 235 Å². The summed E-state index contributed by atoms with van der Waals surface area (Å²) in [6.07, 6.45) is 6.13. The number of halogens is 4. The Balaban J connectivity index is 1.52. The van der Waals surface area contributed by atoms with Crippen molar-refractivity contribution >= 4 is 46.3 Å². The van der Waals surface area contributed by atoms with Gasteiger partial charge in [-0.15, -0.1) is 0 Å². The molecular weight excluding hydrogens is 543 g/mol. The van der Waals surface area contributed by atoms with Gasteiger partial charge in [0, 0.05) is 35.3 Å². The van der Waals surface area contributed by atoms with Gasteiger partial charge in [-0.25, -0.2) is 8.78 Å². The lowest BCUT2D eigenvalue weighted by Crippen LogP contribution is -2.38. The first-order valence-corrected chi connectivity index (χ1v) is 13.7. The molecule has 0 fully saturated rings. The Morgan fingerprint density at radius 2 is 1.82 bits per heavy atom. The van der Waals surface area contributed by atoms with Crippen molar-refractivity contribution in [3.8, 4) is 11.1 Å². The van der Waals surface area contributed by atoms with Gasteiger partial charge in [0.2, 0.25) is 11.8 Å². The predicted molar refractivity (Wildman–Crippen MR) is 149 cm³/mol. The van der Waals surface area contributed by atoms with E-state index in [0.29, 0.717) is 29.2 Å². The minimum absolute atomic E-state index is 0.0760. The minimum atomic E-state index is -0.864. The van der Waals surface area contributed by atoms with Crippen LogP contribution >= 0.6 is 23.2 Å². The van der Waals surface area contributed by atoms with Crippen LogP contribution in [0.2, 0.25) is 10.0 Å². The van der Waals surface area contributed by atoms with E-state index in [1.165, 1.54) is 6.08 Å². The second kappa shape index (κ2) is 11.4. The molecule has 2 aromatic carbocycles. The van der Waals surface area contributed by atoms with Crippen LogP contribution in [0, 0.1) is 17.6 Å². The highest BCUT2D eigenvalue weighted by Crippen LogP contribution is 2.37. The Kier molecular flexibility index (Phi) is 8.01. The second-order valence-electron chi connectivity index (χ2n) is 10.0. The van der Waals surface area contributed by atoms with Gasteiger partial charge in [0.15, 0.2) is 5.82 Å². The molecule has 2 bridgehead atoms. The second-order valence-corrected chi connectivity index (χ2v) is 10.9. The highest BCUT2D eigenvalue weighted by molar-refractivity contribution is 6.31. The zero-order valence-electron chi connectivity index (χ0n) is 21.3. The molecule has 3 heterocycles. The number of amides is 2. The van der Waals surface area contributed by atoms with Crippen LogP contribution in [0.15, 0.2) is 54.7 Å². The van der Waals surface area contributed by atoms with Gasteiger partial charge in [-0.1, -0.05) is 49.0 Å². The maximum Gasteiger partial charge on any atom is 0.247 e. The van der Waals surface area contributed by atoms with E-state index in [-0.39, 0.29) is 52.9 Å². The molecule has 9 heteroatoms. The first-order chi connectivity index (χ1) is 18.7. The smallest absolute Gasteiger partial charge is 0.247 e. The number of hydrogen-bond acceptors (Lipinski definition) is 3. The lowest BCUT2D eigenvalue weighted by molar-refractivity contribution is -0.129. The lowest BCUT2D eigenvalue weighted by Gasteiger charge is -2.34. The molecule has 0 radical (unpaired) electrons. The van der Waals surface area contributed by atoms with E-state index in [9.17, 15) is 18.4 Å². The number of pyridine rings is 1. The number of carbonyl (C=O) groups excluding carboxylic acids is 2. The fourth-order valence-corrected chi connectivity index (χ4v) is 5.62. The third kappa shape index (κ3) is 5.70. The predicted octanol–water partition coefficient (Wildman–Crippen LogP) is 7.84. The summed E-state index contributed by atoms with van der Waals surface area (Å²) in [6, 6.07) is 11.0. The number of aromatic nitrogens is 1. The number of nitrogens with zero attached hydrogens (tertiary/aromatic N) is 2. The van der Waals surface area contributed by atoms with Gasteiger partial charge >= 0.3 is 0 Å². The van der Waals surface area contributed by atoms with Gasteiger partial charge in [0.25, 0.3) is 0 Å². The van der Waals surface area contributed by atoms with Gasteiger partial charge in [-0.3, -0.25) is 14.6 Å². The van der Waals surface area contributed by atoms with Crippen molar-refractivity contribution in [3.05, 3.63) is 87.7 Å². The molecule has 1 N–H and O–H groups in total. The summed E-state index contributed by atoms with van der Waals surface area (Å²) in [6.45, 7) is 2.17. The molecule has 0 saturated heterocycles. The third-order valence-corrected chi connectivity index (χ3v) is 7.96. The highest BCUT2D eigenvalue weighted by Gasteiger charge is 2.31. The number of nitrogens with one attached hydrogen (secondary N) is 1. The van der Waals surface area contributed by atoms with Crippen molar-refractivity contribution in [1.82, 2.24) is 9.88 Å². The summed E-state index contributed by atoms with van der Waals surface area (Å²) in [4.78, 5) is 32.7. The number of benzene rings is 2. The molecule has 5 rings (SSSR count). The van der Waals surface area contributed by atoms with Crippen LogP contribution in [0.5, 0.6) is 0 Å². The molecule has 0 saturated carbocycles. The van der Waals surface area contributed by atoms with Crippen LogP contribution in [0.1, 0.15) is 56.3 Å². The van der Waals surface area contributed by atoms with Crippen LogP contribution in [-0.2, 0) is 9.59 Å². The van der Waals surface area contributed by atoms with Gasteiger partial charge in [-0.2, -0.15) is 0 Å². The molecule has 202 valence electrons. The number of fused-ring (bicyclic) bond motifs is 4. The molecule has 5 nitrogen and oxygen atoms in total. The fourth-order valence-electron chi connectivity index (χ4n) is 5.29. The maximum atomic E-state index is 14.7. The lowest BCUT2D eigenvalue weighted by atomic mass is 9.94. The van der Waals surface area contributed by atoms with Crippen LogP contribution < -0.4 is 5.32 Å². The Morgan fingerprint density at radius 1 is 1.03 bits per heavy atom. The quantitative estimate of drug-likeness (QED) is 0.320. The zero-order valence-corrected chi connectivity index (χ0v) is 22.8. The number of anilines is 1. The van der Waals surface area contributed by atoms with Crippen molar-refractivity contribution in [1.29, 1.82) is 0 Å². The van der Waals surface area contributed by atoms with Crippen molar-refractivity contribution < 1.29 is 18.4 Å². The highest BCUT2D eigenvalue weighted by atomic mass is 35.5. The summed E-state index contributed by atoms with van der Waals surface area (Å²) in [7, 11) is 0. The molecule has 2 aliphatic heterocycles. The fraction of sp³-hybridized carbons (Fsp3) is 0.300. The zero-order chi connectivity index (χ0) is 27.7. The summed E-state index contributed by atoms with van der Waals surface area (Å²) in [5, 5.41) is 3.34. The summed E-state index contributed by atoms with van der Waals surface area (Å²) >= 11 is 12.1. The van der Waals surface area contributed by atoms with Crippen LogP contribution in [-0.4, -0.2) is 28.2 Å². The SMILES string of the molecule is CC1CCCCC(N2CCC(c3c(F)ccc(Cl)c3F)=CC2=O)c2cc(ccn2)-c2ccc(Cl)cc2NC1=O. The van der Waals surface area contributed by atoms with Crippen LogP contribution in [0.4, 0.5) is 14.5 Å². The van der Waals surface area contributed by atoms with E-state index >= 15 is 0 Å². The molecule has 3 aromatic rings. The van der Waals surface area contributed by atoms with E-state index in [4.69, 9.17) is 23.2 Å². The third-order valence-electron chi connectivity index (χ3n) is 7.43. The molecule has 1 aromatic heterocycles. The standard InChI is InChI=1S/C30H27Cl2F2N3O2/c1-17-4-2-3-5-26(37-13-11-19(15-27(37)38)28-23(33)9-8-22(32)29(28)34)25-14-18(10-12-35-25)21-7-6-20(31)16-24(21)36-30(17)39/h6-10,12,14-17,26H,2-5,11,13H2,1H3,(H,36,39). The maximum absolute atomic E-state index is 14.7. The molecule has 39 heavy (non-hydrogen) atoms. The molecule has 0 aliphatic carbocycles. The first kappa shape index (κ1) is 27.3. The van der Waals surface area contributed by atoms with E-state index in [1.54, 1.807) is 23.2 Å². The summed E-state index contributed by atoms with van der Waals surface area (Å²) in [5.74, 6) is -2.24. The average Bonchev–Trinajstić information content (AvgIpc) is 2.91. The Hall–Kier alpha value is -3.29. The van der Waals surface area contributed by atoms with Crippen molar-refractivity contribution in [3.63, 3.8) is 0 Å². The van der Waals surface area contributed by atoms with E-state index in [2.05, 4.69) is 10.3 Å². The monoisotopic (exact) mass is 569 g/mol.